The molecule has 1 aromatic rings. The maximum atomic E-state index is 5.78. The highest BCUT2D eigenvalue weighted by molar-refractivity contribution is 5.85. The van der Waals surface area contributed by atoms with Crippen molar-refractivity contribution in [2.24, 2.45) is 0 Å². The predicted octanol–water partition coefficient (Wildman–Crippen LogP) is 2.19. The Morgan fingerprint density at radius 3 is 2.69 bits per heavy atom. The van der Waals surface area contributed by atoms with Crippen molar-refractivity contribution in [3.05, 3.63) is 30.1 Å². The van der Waals surface area contributed by atoms with E-state index in [1.807, 2.05) is 12.1 Å². The van der Waals surface area contributed by atoms with E-state index in [9.17, 15) is 0 Å². The fraction of sp³-hybridized carbons (Fsp3) is 0.545. The van der Waals surface area contributed by atoms with Gasteiger partial charge in [0, 0.05) is 18.9 Å². The number of hydrogen-bond acceptors (Lipinski definition) is 3. The average molecular weight is 265 g/mol. The number of piperidine rings is 1. The molecule has 0 spiro atoms. The van der Waals surface area contributed by atoms with Gasteiger partial charge in [-0.2, -0.15) is 0 Å². The van der Waals surface area contributed by atoms with Crippen LogP contribution in [0.4, 0.5) is 0 Å². The first-order chi connectivity index (χ1) is 6.95. The molecule has 0 radical (unpaired) electrons. The second-order valence-electron chi connectivity index (χ2n) is 3.63. The fourth-order valence-corrected chi connectivity index (χ4v) is 1.66. The van der Waals surface area contributed by atoms with Crippen LogP contribution in [0.15, 0.2) is 24.5 Å². The minimum absolute atomic E-state index is 0. The van der Waals surface area contributed by atoms with Crippen LogP contribution in [0, 0.1) is 0 Å². The zero-order valence-electron chi connectivity index (χ0n) is 9.09. The van der Waals surface area contributed by atoms with E-state index >= 15 is 0 Å². The zero-order valence-corrected chi connectivity index (χ0v) is 10.7. The summed E-state index contributed by atoms with van der Waals surface area (Å²) in [6.45, 7) is 2.83. The van der Waals surface area contributed by atoms with E-state index in [0.29, 0.717) is 12.7 Å². The summed E-state index contributed by atoms with van der Waals surface area (Å²) in [6.07, 6.45) is 6.39. The molecule has 1 fully saturated rings. The Labute approximate surface area is 109 Å². The van der Waals surface area contributed by atoms with Gasteiger partial charge in [-0.05, 0) is 37.1 Å². The van der Waals surface area contributed by atoms with Gasteiger partial charge in [0.25, 0.3) is 0 Å². The maximum absolute atomic E-state index is 5.78. The number of rotatable bonds is 3. The van der Waals surface area contributed by atoms with Crippen LogP contribution >= 0.6 is 24.8 Å². The molecule has 2 heterocycles. The molecule has 1 aliphatic rings. The minimum Gasteiger partial charge on any atom is -0.372 e. The van der Waals surface area contributed by atoms with Crippen LogP contribution in [-0.4, -0.2) is 24.2 Å². The number of halogens is 2. The van der Waals surface area contributed by atoms with E-state index in [1.165, 1.54) is 18.4 Å². The summed E-state index contributed by atoms with van der Waals surface area (Å²) in [4.78, 5) is 3.97. The van der Waals surface area contributed by atoms with Gasteiger partial charge in [-0.1, -0.05) is 0 Å². The van der Waals surface area contributed by atoms with Gasteiger partial charge in [-0.3, -0.25) is 4.98 Å². The molecule has 0 amide bonds. The van der Waals surface area contributed by atoms with Crippen molar-refractivity contribution >= 4 is 24.8 Å². The van der Waals surface area contributed by atoms with Gasteiger partial charge in [0.15, 0.2) is 0 Å². The van der Waals surface area contributed by atoms with Gasteiger partial charge in [0.1, 0.15) is 0 Å². The lowest BCUT2D eigenvalue weighted by molar-refractivity contribution is 0.0252. The predicted molar refractivity (Wildman–Crippen MR) is 69.4 cm³/mol. The molecule has 92 valence electrons. The first-order valence-corrected chi connectivity index (χ1v) is 5.16. The van der Waals surface area contributed by atoms with Crippen LogP contribution < -0.4 is 5.32 Å². The summed E-state index contributed by atoms with van der Waals surface area (Å²) in [5, 5.41) is 3.33. The SMILES string of the molecule is Cl.Cl.c1cc(COC2CCCNC2)ccn1. The van der Waals surface area contributed by atoms with Crippen LogP contribution in [0.25, 0.3) is 0 Å². The Hall–Kier alpha value is -0.350. The Kier molecular flexibility index (Phi) is 8.57. The topological polar surface area (TPSA) is 34.1 Å². The second-order valence-corrected chi connectivity index (χ2v) is 3.63. The molecule has 2 rings (SSSR count). The van der Waals surface area contributed by atoms with Crippen molar-refractivity contribution in [2.45, 2.75) is 25.6 Å². The molecule has 3 nitrogen and oxygen atoms in total. The standard InChI is InChI=1S/C11H16N2O.2ClH/c1-2-11(8-13-5-1)14-9-10-3-6-12-7-4-10;;/h3-4,6-7,11,13H,1-2,5,8-9H2;2*1H. The molecule has 0 aliphatic carbocycles. The summed E-state index contributed by atoms with van der Waals surface area (Å²) in [5.74, 6) is 0. The van der Waals surface area contributed by atoms with E-state index in [1.54, 1.807) is 12.4 Å². The molecule has 1 atom stereocenters. The monoisotopic (exact) mass is 264 g/mol. The Morgan fingerprint density at radius 1 is 1.31 bits per heavy atom. The lowest BCUT2D eigenvalue weighted by Gasteiger charge is -2.22. The quantitative estimate of drug-likeness (QED) is 0.909. The van der Waals surface area contributed by atoms with E-state index in [4.69, 9.17) is 4.74 Å². The summed E-state index contributed by atoms with van der Waals surface area (Å²) >= 11 is 0. The molecular weight excluding hydrogens is 247 g/mol. The van der Waals surface area contributed by atoms with Crippen molar-refractivity contribution in [1.82, 2.24) is 10.3 Å². The third-order valence-corrected chi connectivity index (χ3v) is 2.49. The maximum Gasteiger partial charge on any atom is 0.0722 e. The molecule has 0 saturated carbocycles. The lowest BCUT2D eigenvalue weighted by Crippen LogP contribution is -2.35. The number of pyridine rings is 1. The first kappa shape index (κ1) is 15.7. The van der Waals surface area contributed by atoms with Gasteiger partial charge >= 0.3 is 0 Å². The number of nitrogens with one attached hydrogen (secondary N) is 1. The van der Waals surface area contributed by atoms with Crippen molar-refractivity contribution in [1.29, 1.82) is 0 Å². The van der Waals surface area contributed by atoms with E-state index < -0.39 is 0 Å². The largest absolute Gasteiger partial charge is 0.372 e. The normalized spacial score (nSPS) is 19.4. The second kappa shape index (κ2) is 8.76. The number of hydrogen-bond donors (Lipinski definition) is 1. The van der Waals surface area contributed by atoms with Crippen LogP contribution in [0.2, 0.25) is 0 Å². The molecule has 1 saturated heterocycles. The highest BCUT2D eigenvalue weighted by Crippen LogP contribution is 2.09. The molecule has 1 aromatic heterocycles. The lowest BCUT2D eigenvalue weighted by atomic mass is 10.1. The molecule has 0 aromatic carbocycles. The van der Waals surface area contributed by atoms with Gasteiger partial charge in [-0.15, -0.1) is 24.8 Å². The summed E-state index contributed by atoms with van der Waals surface area (Å²) in [6, 6.07) is 3.99. The van der Waals surface area contributed by atoms with Crippen LogP contribution in [-0.2, 0) is 11.3 Å². The highest BCUT2D eigenvalue weighted by atomic mass is 35.5. The zero-order chi connectivity index (χ0) is 9.64. The van der Waals surface area contributed by atoms with Crippen LogP contribution in [0.5, 0.6) is 0 Å². The fourth-order valence-electron chi connectivity index (χ4n) is 1.66. The number of nitrogens with zero attached hydrogens (tertiary/aromatic N) is 1. The van der Waals surface area contributed by atoms with Crippen molar-refractivity contribution < 1.29 is 4.74 Å². The smallest absolute Gasteiger partial charge is 0.0722 e. The van der Waals surface area contributed by atoms with Crippen LogP contribution in [0.3, 0.4) is 0 Å². The van der Waals surface area contributed by atoms with E-state index in [-0.39, 0.29) is 24.8 Å². The molecule has 1 N–H and O–H groups in total. The molecule has 16 heavy (non-hydrogen) atoms. The number of ether oxygens (including phenoxy) is 1. The molecule has 5 heteroatoms. The van der Waals surface area contributed by atoms with Gasteiger partial charge in [0.2, 0.25) is 0 Å². The van der Waals surface area contributed by atoms with E-state index in [2.05, 4.69) is 10.3 Å². The summed E-state index contributed by atoms with van der Waals surface area (Å²) < 4.78 is 5.78. The van der Waals surface area contributed by atoms with Gasteiger partial charge in [-0.25, -0.2) is 0 Å². The van der Waals surface area contributed by atoms with Crippen molar-refractivity contribution in [3.63, 3.8) is 0 Å². The summed E-state index contributed by atoms with van der Waals surface area (Å²) in [5.41, 5.74) is 1.20. The molecule has 0 bridgehead atoms. The Balaban J connectivity index is 0.00000112. The van der Waals surface area contributed by atoms with Crippen LogP contribution in [0.1, 0.15) is 18.4 Å². The molecule has 1 unspecified atom stereocenters. The van der Waals surface area contributed by atoms with E-state index in [0.717, 1.165) is 13.1 Å². The average Bonchev–Trinajstić information content (AvgIpc) is 2.29. The molecular formula is C11H18Cl2N2O. The summed E-state index contributed by atoms with van der Waals surface area (Å²) in [7, 11) is 0. The third kappa shape index (κ3) is 5.12. The first-order valence-electron chi connectivity index (χ1n) is 5.16. The Bertz CT molecular complexity index is 266. The third-order valence-electron chi connectivity index (χ3n) is 2.49. The number of aromatic nitrogens is 1. The van der Waals surface area contributed by atoms with Crippen molar-refractivity contribution in [2.75, 3.05) is 13.1 Å². The molecule has 1 aliphatic heterocycles. The Morgan fingerprint density at radius 2 is 2.06 bits per heavy atom. The van der Waals surface area contributed by atoms with Gasteiger partial charge in [0.05, 0.1) is 12.7 Å². The van der Waals surface area contributed by atoms with Gasteiger partial charge < -0.3 is 10.1 Å². The highest BCUT2D eigenvalue weighted by Gasteiger charge is 2.12. The minimum atomic E-state index is 0. The van der Waals surface area contributed by atoms with Crippen molar-refractivity contribution in [3.8, 4) is 0 Å².